The Hall–Kier alpha value is -2.62. The molecule has 0 bridgehead atoms. The topological polar surface area (TPSA) is 124 Å². The predicted molar refractivity (Wildman–Crippen MR) is 118 cm³/mol. The number of benzene rings is 1. The number of hydrogen-bond donors (Lipinski definition) is 2. The molecule has 2 aliphatic carbocycles. The van der Waals surface area contributed by atoms with E-state index in [1.165, 1.54) is 7.05 Å². The van der Waals surface area contributed by atoms with Gasteiger partial charge in [0.2, 0.25) is 0 Å². The third-order valence-corrected chi connectivity index (χ3v) is 9.05. The molecule has 2 N–H and O–H groups in total. The van der Waals surface area contributed by atoms with Crippen molar-refractivity contribution in [2.24, 2.45) is 17.8 Å². The minimum Gasteiger partial charge on any atom is -0.504 e. The first-order valence-corrected chi connectivity index (χ1v) is 11.7. The highest BCUT2D eigenvalue weighted by molar-refractivity contribution is 6.53. The van der Waals surface area contributed by atoms with Crippen LogP contribution in [0, 0.1) is 17.8 Å². The number of amides is 4. The van der Waals surface area contributed by atoms with Crippen molar-refractivity contribution in [2.45, 2.75) is 35.4 Å². The lowest BCUT2D eigenvalue weighted by atomic mass is 9.56. The van der Waals surface area contributed by atoms with E-state index in [1.54, 1.807) is 31.2 Å². The van der Waals surface area contributed by atoms with Crippen LogP contribution in [0.5, 0.6) is 11.5 Å². The van der Waals surface area contributed by atoms with Gasteiger partial charge in [0, 0.05) is 18.5 Å². The number of carbonyl (C=O) groups excluding carboxylic acids is 4. The smallest absolute Gasteiger partial charge is 0.257 e. The van der Waals surface area contributed by atoms with Gasteiger partial charge in [-0.15, -0.1) is 23.2 Å². The molecule has 4 aliphatic rings. The number of allylic oxidation sites excluding steroid dienone is 2. The predicted octanol–water partition coefficient (Wildman–Crippen LogP) is 2.17. The van der Waals surface area contributed by atoms with Crippen molar-refractivity contribution in [2.75, 3.05) is 13.7 Å². The van der Waals surface area contributed by atoms with Crippen molar-refractivity contribution >= 4 is 46.8 Å². The van der Waals surface area contributed by atoms with Gasteiger partial charge < -0.3 is 9.84 Å². The molecule has 5 rings (SSSR count). The third-order valence-electron chi connectivity index (χ3n) is 7.63. The van der Waals surface area contributed by atoms with Crippen LogP contribution >= 0.6 is 23.2 Å². The fraction of sp³-hybridized carbons (Fsp3) is 0.478. The van der Waals surface area contributed by atoms with Crippen LogP contribution in [-0.4, -0.2) is 67.3 Å². The number of imide groups is 2. The first-order chi connectivity index (χ1) is 16.0. The van der Waals surface area contributed by atoms with Crippen molar-refractivity contribution in [1.29, 1.82) is 0 Å². The van der Waals surface area contributed by atoms with E-state index >= 15 is 0 Å². The Morgan fingerprint density at radius 1 is 1.12 bits per heavy atom. The summed E-state index contributed by atoms with van der Waals surface area (Å²) in [7, 11) is 1.28. The minimum absolute atomic E-state index is 0.117. The Morgan fingerprint density at radius 3 is 2.50 bits per heavy atom. The molecule has 180 valence electrons. The second kappa shape index (κ2) is 7.44. The van der Waals surface area contributed by atoms with Crippen LogP contribution in [0.4, 0.5) is 0 Å². The molecule has 6 unspecified atom stereocenters. The van der Waals surface area contributed by atoms with E-state index in [-0.39, 0.29) is 41.6 Å². The standard InChI is InChI=1S/C23H22Cl2N2O7/c1-3-34-14-6-4-5-12(17(14)28)16-10-7-8-11-15(19(30)27(33)18(11)29)13(10)9-22(24)20(31)26(2)21(32)23(16,22)25/h4-7,11,13,15-16,28,33H,3,8-9H2,1-2H3. The average Bonchev–Trinajstić information content (AvgIpc) is 3.11. The molecule has 9 nitrogen and oxygen atoms in total. The van der Waals surface area contributed by atoms with Gasteiger partial charge in [0.15, 0.2) is 21.2 Å². The number of phenols is 1. The highest BCUT2D eigenvalue weighted by Gasteiger charge is 2.76. The number of hydrogen-bond acceptors (Lipinski definition) is 7. The first kappa shape index (κ1) is 23.1. The Labute approximate surface area is 204 Å². The number of alkyl halides is 2. The summed E-state index contributed by atoms with van der Waals surface area (Å²) in [6.07, 6.45) is 1.65. The lowest BCUT2D eigenvalue weighted by Crippen LogP contribution is -2.60. The highest BCUT2D eigenvalue weighted by Crippen LogP contribution is 2.66. The van der Waals surface area contributed by atoms with Gasteiger partial charge in [-0.25, -0.2) is 0 Å². The van der Waals surface area contributed by atoms with E-state index in [9.17, 15) is 29.5 Å². The molecule has 2 saturated heterocycles. The average molecular weight is 509 g/mol. The van der Waals surface area contributed by atoms with Crippen molar-refractivity contribution < 1.29 is 34.2 Å². The molecule has 6 atom stereocenters. The molecule has 0 radical (unpaired) electrons. The van der Waals surface area contributed by atoms with Gasteiger partial charge in [-0.2, -0.15) is 5.06 Å². The van der Waals surface area contributed by atoms with Crippen molar-refractivity contribution in [3.8, 4) is 11.5 Å². The zero-order chi connectivity index (χ0) is 24.7. The zero-order valence-corrected chi connectivity index (χ0v) is 19.8. The molecule has 1 aromatic rings. The minimum atomic E-state index is -2.00. The number of rotatable bonds is 3. The van der Waals surface area contributed by atoms with Crippen LogP contribution in [0.1, 0.15) is 31.2 Å². The van der Waals surface area contributed by atoms with Gasteiger partial charge >= 0.3 is 0 Å². The largest absolute Gasteiger partial charge is 0.504 e. The number of aromatic hydroxyl groups is 1. The van der Waals surface area contributed by atoms with Gasteiger partial charge in [-0.3, -0.25) is 29.3 Å². The van der Waals surface area contributed by atoms with Gasteiger partial charge in [-0.1, -0.05) is 23.8 Å². The van der Waals surface area contributed by atoms with Gasteiger partial charge in [0.05, 0.1) is 18.4 Å². The summed E-state index contributed by atoms with van der Waals surface area (Å²) >= 11 is 14.0. The highest BCUT2D eigenvalue weighted by atomic mass is 35.5. The number of likely N-dealkylation sites (tertiary alicyclic amines) is 1. The molecule has 2 aliphatic heterocycles. The molecule has 1 aromatic carbocycles. The number of halogens is 2. The molecule has 4 amide bonds. The lowest BCUT2D eigenvalue weighted by Gasteiger charge is -2.50. The molecular weight excluding hydrogens is 487 g/mol. The third kappa shape index (κ3) is 2.60. The van der Waals surface area contributed by atoms with E-state index in [1.807, 2.05) is 0 Å². The second-order valence-corrected chi connectivity index (χ2v) is 10.4. The SMILES string of the molecule is CCOc1cccc(C2C3=CCC4C(=O)N(O)C(=O)C4C3CC3(Cl)C(=O)N(C)C(=O)C23Cl)c1O. The molecule has 1 saturated carbocycles. The second-order valence-electron chi connectivity index (χ2n) is 9.11. The monoisotopic (exact) mass is 508 g/mol. The number of nitrogens with zero attached hydrogens (tertiary/aromatic N) is 2. The van der Waals surface area contributed by atoms with Crippen LogP contribution in [0.25, 0.3) is 0 Å². The number of carbonyl (C=O) groups is 4. The lowest BCUT2D eigenvalue weighted by molar-refractivity contribution is -0.173. The molecule has 0 aromatic heterocycles. The summed E-state index contributed by atoms with van der Waals surface area (Å²) in [5.41, 5.74) is 0.735. The molecule has 3 fully saturated rings. The summed E-state index contributed by atoms with van der Waals surface area (Å²) in [5.74, 6) is -6.70. The van der Waals surface area contributed by atoms with Crippen molar-refractivity contribution in [3.05, 3.63) is 35.4 Å². The van der Waals surface area contributed by atoms with Crippen LogP contribution in [0.15, 0.2) is 29.8 Å². The van der Waals surface area contributed by atoms with E-state index in [2.05, 4.69) is 0 Å². The maximum atomic E-state index is 13.4. The number of phenolic OH excluding ortho intramolecular Hbond substituents is 1. The van der Waals surface area contributed by atoms with Gasteiger partial charge in [0.25, 0.3) is 23.6 Å². The molecule has 34 heavy (non-hydrogen) atoms. The van der Waals surface area contributed by atoms with Crippen LogP contribution < -0.4 is 4.74 Å². The Bertz CT molecular complexity index is 1190. The Morgan fingerprint density at radius 2 is 1.82 bits per heavy atom. The van der Waals surface area contributed by atoms with Crippen LogP contribution in [0.2, 0.25) is 0 Å². The summed E-state index contributed by atoms with van der Waals surface area (Å²) in [4.78, 5) is 48.9. The molecule has 2 heterocycles. The molecular formula is C23H22Cl2N2O7. The summed E-state index contributed by atoms with van der Waals surface area (Å²) in [6, 6.07) is 4.74. The summed E-state index contributed by atoms with van der Waals surface area (Å²) in [5, 5.41) is 21.2. The molecule has 0 spiro atoms. The Kier molecular flexibility index (Phi) is 5.06. The van der Waals surface area contributed by atoms with Gasteiger partial charge in [0.1, 0.15) is 0 Å². The fourth-order valence-corrected chi connectivity index (χ4v) is 7.13. The maximum Gasteiger partial charge on any atom is 0.257 e. The van der Waals surface area contributed by atoms with E-state index in [4.69, 9.17) is 27.9 Å². The quantitative estimate of drug-likeness (QED) is 0.277. The zero-order valence-electron chi connectivity index (χ0n) is 18.3. The fourth-order valence-electron chi connectivity index (χ4n) is 6.12. The number of para-hydroxylation sites is 1. The first-order valence-electron chi connectivity index (χ1n) is 10.9. The van der Waals surface area contributed by atoms with Crippen LogP contribution in [0.3, 0.4) is 0 Å². The van der Waals surface area contributed by atoms with Crippen LogP contribution in [-0.2, 0) is 19.2 Å². The Balaban J connectivity index is 1.76. The summed E-state index contributed by atoms with van der Waals surface area (Å²) < 4.78 is 5.51. The number of ether oxygens (including phenoxy) is 1. The number of hydroxylamine groups is 2. The van der Waals surface area contributed by atoms with E-state index in [0.717, 1.165) is 4.90 Å². The maximum absolute atomic E-state index is 13.4. The normalized spacial score (nSPS) is 36.9. The van der Waals surface area contributed by atoms with Crippen molar-refractivity contribution in [1.82, 2.24) is 9.96 Å². The van der Waals surface area contributed by atoms with E-state index < -0.39 is 57.0 Å². The van der Waals surface area contributed by atoms with Gasteiger partial charge in [-0.05, 0) is 31.7 Å². The van der Waals surface area contributed by atoms with E-state index in [0.29, 0.717) is 5.57 Å². The molecule has 11 heteroatoms. The summed E-state index contributed by atoms with van der Waals surface area (Å²) in [6.45, 7) is 2.02. The number of fused-ring (bicyclic) bond motifs is 4. The van der Waals surface area contributed by atoms with Crippen molar-refractivity contribution in [3.63, 3.8) is 0 Å².